The van der Waals surface area contributed by atoms with Crippen LogP contribution in [-0.4, -0.2) is 25.6 Å². The van der Waals surface area contributed by atoms with Crippen molar-refractivity contribution in [2.75, 3.05) is 19.7 Å². The van der Waals surface area contributed by atoms with Gasteiger partial charge in [-0.15, -0.1) is 11.3 Å². The van der Waals surface area contributed by atoms with Crippen LogP contribution in [0.25, 0.3) is 20.2 Å². The van der Waals surface area contributed by atoms with Gasteiger partial charge in [0.2, 0.25) is 0 Å². The van der Waals surface area contributed by atoms with Crippen LogP contribution >= 0.6 is 11.3 Å². The predicted molar refractivity (Wildman–Crippen MR) is 154 cm³/mol. The van der Waals surface area contributed by atoms with Crippen molar-refractivity contribution in [1.82, 2.24) is 10.6 Å². The molecule has 0 bridgehead atoms. The number of fused-ring (bicyclic) bond motifs is 2. The normalized spacial score (nSPS) is 9.56. The van der Waals surface area contributed by atoms with E-state index < -0.39 is 0 Å². The average Bonchev–Trinajstić information content (AvgIpc) is 2.89. The highest BCUT2D eigenvalue weighted by Gasteiger charge is 2.08. The Morgan fingerprint density at radius 3 is 2.18 bits per heavy atom. The van der Waals surface area contributed by atoms with E-state index in [0.29, 0.717) is 35.5 Å². The summed E-state index contributed by atoms with van der Waals surface area (Å²) < 4.78 is 7.44. The predicted octanol–water partition coefficient (Wildman–Crippen LogP) is 7.24. The standard InChI is InChI=1S/C22H24N2O3S.3C2H6.2H2/c1-14(2)15(3)23-10-11-24-21(25)13-27-16-8-9-20-18(12-16)22(26)17-6-4-5-7-19(17)28-20;3*1-2;;/h4-9,12,14,23H,3,10-11,13H2,1-2H3,(H,24,25);3*1-2H3;2*1H. The zero-order valence-corrected chi connectivity index (χ0v) is 22.9. The smallest absolute Gasteiger partial charge is 0.258 e. The molecule has 0 aliphatic heterocycles. The maximum Gasteiger partial charge on any atom is 0.258 e. The highest BCUT2D eigenvalue weighted by atomic mass is 32.1. The summed E-state index contributed by atoms with van der Waals surface area (Å²) in [7, 11) is 0. The second kappa shape index (κ2) is 17.6. The molecular weight excluding hydrogens is 444 g/mol. The van der Waals surface area contributed by atoms with E-state index in [-0.39, 0.29) is 20.8 Å². The number of ether oxygens (including phenoxy) is 1. The summed E-state index contributed by atoms with van der Waals surface area (Å²) in [6.07, 6.45) is 0. The van der Waals surface area contributed by atoms with E-state index in [2.05, 4.69) is 31.1 Å². The van der Waals surface area contributed by atoms with Gasteiger partial charge in [-0.2, -0.15) is 0 Å². The average molecular weight is 491 g/mol. The van der Waals surface area contributed by atoms with Gasteiger partial charge < -0.3 is 15.4 Å². The highest BCUT2D eigenvalue weighted by Crippen LogP contribution is 2.27. The molecule has 0 spiro atoms. The molecule has 192 valence electrons. The van der Waals surface area contributed by atoms with Gasteiger partial charge >= 0.3 is 0 Å². The van der Waals surface area contributed by atoms with Crippen molar-refractivity contribution < 1.29 is 12.4 Å². The van der Waals surface area contributed by atoms with Gasteiger partial charge in [-0.3, -0.25) is 9.59 Å². The minimum atomic E-state index is -0.208. The molecule has 1 aromatic heterocycles. The molecule has 3 rings (SSSR count). The zero-order valence-electron chi connectivity index (χ0n) is 22.1. The van der Waals surface area contributed by atoms with Crippen LogP contribution in [0, 0.1) is 5.92 Å². The van der Waals surface area contributed by atoms with Crippen LogP contribution in [0.15, 0.2) is 59.5 Å². The molecule has 5 nitrogen and oxygen atoms in total. The summed E-state index contributed by atoms with van der Waals surface area (Å²) in [6, 6.07) is 12.9. The van der Waals surface area contributed by atoms with Gasteiger partial charge in [0.1, 0.15) is 5.75 Å². The lowest BCUT2D eigenvalue weighted by atomic mass is 10.1. The Bertz CT molecular complexity index is 1090. The molecule has 1 amide bonds. The number of allylic oxidation sites excluding steroid dienone is 1. The molecule has 0 fully saturated rings. The Morgan fingerprint density at radius 1 is 0.941 bits per heavy atom. The Hall–Kier alpha value is -2.86. The second-order valence-electron chi connectivity index (χ2n) is 6.83. The maximum absolute atomic E-state index is 12.7. The van der Waals surface area contributed by atoms with Gasteiger partial charge in [0.15, 0.2) is 12.0 Å². The first-order chi connectivity index (χ1) is 16.5. The van der Waals surface area contributed by atoms with Crippen LogP contribution in [0.3, 0.4) is 0 Å². The summed E-state index contributed by atoms with van der Waals surface area (Å²) in [4.78, 5) is 24.7. The Kier molecular flexibility index (Phi) is 16.1. The highest BCUT2D eigenvalue weighted by molar-refractivity contribution is 7.24. The number of hydrogen-bond acceptors (Lipinski definition) is 5. The molecule has 1 heterocycles. The molecule has 0 radical (unpaired) electrons. The molecule has 0 saturated heterocycles. The zero-order chi connectivity index (χ0) is 26.1. The Morgan fingerprint density at radius 2 is 1.53 bits per heavy atom. The number of hydrogen-bond donors (Lipinski definition) is 2. The third kappa shape index (κ3) is 9.56. The van der Waals surface area contributed by atoms with Crippen molar-refractivity contribution in [3.63, 3.8) is 0 Å². The lowest BCUT2D eigenvalue weighted by molar-refractivity contribution is -0.123. The largest absolute Gasteiger partial charge is 0.484 e. The molecular formula is C28H46N2O3S. The quantitative estimate of drug-likeness (QED) is 0.258. The Labute approximate surface area is 212 Å². The van der Waals surface area contributed by atoms with Gasteiger partial charge in [-0.25, -0.2) is 0 Å². The third-order valence-corrected chi connectivity index (χ3v) is 5.57. The van der Waals surface area contributed by atoms with Crippen LogP contribution in [0.4, 0.5) is 0 Å². The van der Waals surface area contributed by atoms with Crippen molar-refractivity contribution in [2.24, 2.45) is 5.92 Å². The lowest BCUT2D eigenvalue weighted by Gasteiger charge is -2.13. The van der Waals surface area contributed by atoms with Crippen LogP contribution in [-0.2, 0) is 4.79 Å². The van der Waals surface area contributed by atoms with Gasteiger partial charge in [0.25, 0.3) is 5.91 Å². The van der Waals surface area contributed by atoms with Crippen LogP contribution in [0.2, 0.25) is 0 Å². The van der Waals surface area contributed by atoms with Gasteiger partial charge in [0.05, 0.1) is 0 Å². The summed E-state index contributed by atoms with van der Waals surface area (Å²) in [5, 5.41) is 7.27. The minimum absolute atomic E-state index is 0. The first kappa shape index (κ1) is 31.1. The first-order valence-corrected chi connectivity index (χ1v) is 13.0. The number of benzene rings is 2. The molecule has 2 aromatic carbocycles. The van der Waals surface area contributed by atoms with Crippen molar-refractivity contribution in [2.45, 2.75) is 55.4 Å². The van der Waals surface area contributed by atoms with E-state index >= 15 is 0 Å². The summed E-state index contributed by atoms with van der Waals surface area (Å²) in [5.74, 6) is 0.658. The fraction of sp³-hybridized carbons (Fsp3) is 0.429. The maximum atomic E-state index is 12.7. The van der Waals surface area contributed by atoms with Crippen molar-refractivity contribution in [3.8, 4) is 5.75 Å². The lowest BCUT2D eigenvalue weighted by Crippen LogP contribution is -2.35. The number of rotatable bonds is 8. The monoisotopic (exact) mass is 490 g/mol. The number of nitrogens with one attached hydrogen (secondary N) is 2. The summed E-state index contributed by atoms with van der Waals surface area (Å²) >= 11 is 1.57. The van der Waals surface area contributed by atoms with Crippen molar-refractivity contribution >= 4 is 37.4 Å². The Balaban J connectivity index is -0.00000127. The van der Waals surface area contributed by atoms with E-state index in [1.807, 2.05) is 71.9 Å². The number of amides is 1. The molecule has 0 unspecified atom stereocenters. The van der Waals surface area contributed by atoms with Crippen LogP contribution in [0.1, 0.15) is 58.2 Å². The van der Waals surface area contributed by atoms with Crippen molar-refractivity contribution in [1.29, 1.82) is 0 Å². The van der Waals surface area contributed by atoms with Gasteiger partial charge in [-0.05, 0) is 36.2 Å². The summed E-state index contributed by atoms with van der Waals surface area (Å²) in [6.45, 7) is 21.1. The van der Waals surface area contributed by atoms with Crippen LogP contribution in [0.5, 0.6) is 5.75 Å². The van der Waals surface area contributed by atoms with E-state index in [9.17, 15) is 9.59 Å². The molecule has 0 atom stereocenters. The SMILES string of the molecule is C=C(NCCNC(=O)COc1ccc2sc3ccccc3c(=O)c2c1)C(C)C.CC.CC.CC.[HH].[HH]. The molecule has 2 N–H and O–H groups in total. The van der Waals surface area contributed by atoms with Crippen LogP contribution < -0.4 is 20.8 Å². The van der Waals surface area contributed by atoms with E-state index in [1.165, 1.54) is 0 Å². The molecule has 0 aliphatic rings. The van der Waals surface area contributed by atoms with E-state index in [4.69, 9.17) is 4.74 Å². The number of carbonyl (C=O) groups excluding carboxylic acids is 1. The molecule has 3 aromatic rings. The molecule has 6 heteroatoms. The van der Waals surface area contributed by atoms with Gasteiger partial charge in [-0.1, -0.05) is 74.1 Å². The third-order valence-electron chi connectivity index (χ3n) is 4.41. The summed E-state index contributed by atoms with van der Waals surface area (Å²) in [5.41, 5.74) is 0.930. The topological polar surface area (TPSA) is 67.4 Å². The number of carbonyl (C=O) groups is 1. The van der Waals surface area contributed by atoms with Gasteiger partial charge in [0, 0.05) is 41.8 Å². The van der Waals surface area contributed by atoms with Crippen molar-refractivity contribution in [3.05, 3.63) is 65.0 Å². The molecule has 0 aliphatic carbocycles. The molecule has 34 heavy (non-hydrogen) atoms. The van der Waals surface area contributed by atoms with E-state index in [1.54, 1.807) is 23.5 Å². The fourth-order valence-corrected chi connectivity index (χ4v) is 3.75. The fourth-order valence-electron chi connectivity index (χ4n) is 2.70. The minimum Gasteiger partial charge on any atom is -0.484 e. The second-order valence-corrected chi connectivity index (χ2v) is 7.91. The van der Waals surface area contributed by atoms with E-state index in [0.717, 1.165) is 15.1 Å². The first-order valence-electron chi connectivity index (χ1n) is 12.2. The molecule has 0 saturated carbocycles.